The van der Waals surface area contributed by atoms with Crippen LogP contribution >= 0.6 is 0 Å². The maximum absolute atomic E-state index is 10.2. The number of aliphatic hydroxyl groups is 6. The summed E-state index contributed by atoms with van der Waals surface area (Å²) in [7, 11) is 0. The smallest absolute Gasteiger partial charge is 0.186 e. The van der Waals surface area contributed by atoms with Gasteiger partial charge in [-0.3, -0.25) is 0 Å². The summed E-state index contributed by atoms with van der Waals surface area (Å²) in [6.45, 7) is 6.05. The molecule has 10 atom stereocenters. The van der Waals surface area contributed by atoms with Gasteiger partial charge in [-0.15, -0.1) is 0 Å². The number of ether oxygens (including phenoxy) is 4. The van der Waals surface area contributed by atoms with Gasteiger partial charge in [0.25, 0.3) is 0 Å². The van der Waals surface area contributed by atoms with Crippen LogP contribution in [0.15, 0.2) is 0 Å². The molecule has 2 aliphatic rings. The molecular weight excluding hydrogens is 388 g/mol. The van der Waals surface area contributed by atoms with Crippen molar-refractivity contribution in [2.24, 2.45) is 11.8 Å². The maximum Gasteiger partial charge on any atom is 0.186 e. The highest BCUT2D eigenvalue weighted by Gasteiger charge is 2.46. The van der Waals surface area contributed by atoms with Crippen molar-refractivity contribution in [3.63, 3.8) is 0 Å². The second-order valence-electron chi connectivity index (χ2n) is 8.22. The molecule has 0 aromatic rings. The van der Waals surface area contributed by atoms with Gasteiger partial charge in [-0.05, 0) is 18.3 Å². The lowest BCUT2D eigenvalue weighted by molar-refractivity contribution is -0.322. The molecule has 2 heterocycles. The summed E-state index contributed by atoms with van der Waals surface area (Å²) in [5.41, 5.74) is 0. The van der Waals surface area contributed by atoms with E-state index in [1.165, 1.54) is 0 Å². The van der Waals surface area contributed by atoms with E-state index in [9.17, 15) is 30.6 Å². The first-order chi connectivity index (χ1) is 13.7. The average molecular weight is 424 g/mol. The van der Waals surface area contributed by atoms with E-state index in [1.54, 1.807) is 0 Å². The van der Waals surface area contributed by atoms with Crippen molar-refractivity contribution in [1.82, 2.24) is 0 Å². The fourth-order valence-electron chi connectivity index (χ4n) is 3.51. The molecule has 172 valence electrons. The van der Waals surface area contributed by atoms with Crippen molar-refractivity contribution in [2.75, 3.05) is 19.8 Å². The van der Waals surface area contributed by atoms with Crippen LogP contribution in [-0.2, 0) is 18.9 Å². The zero-order chi connectivity index (χ0) is 21.7. The number of hydrogen-bond acceptors (Lipinski definition) is 10. The van der Waals surface area contributed by atoms with Crippen LogP contribution in [0.25, 0.3) is 0 Å². The Kier molecular flexibility index (Phi) is 9.68. The zero-order valence-corrected chi connectivity index (χ0v) is 17.2. The minimum atomic E-state index is -1.50. The highest BCUT2D eigenvalue weighted by molar-refractivity contribution is 4.90. The number of aliphatic hydroxyl groups excluding tert-OH is 6. The van der Waals surface area contributed by atoms with Crippen molar-refractivity contribution in [1.29, 1.82) is 0 Å². The van der Waals surface area contributed by atoms with E-state index in [1.807, 2.05) is 0 Å². The van der Waals surface area contributed by atoms with Gasteiger partial charge in [-0.25, -0.2) is 0 Å². The van der Waals surface area contributed by atoms with Crippen LogP contribution in [0.4, 0.5) is 0 Å². The Hall–Kier alpha value is -0.400. The summed E-state index contributed by atoms with van der Waals surface area (Å²) in [5, 5.41) is 59.7. The summed E-state index contributed by atoms with van der Waals surface area (Å²) in [5.74, 6) is 0.630. The van der Waals surface area contributed by atoms with Crippen molar-refractivity contribution < 1.29 is 49.6 Å². The summed E-state index contributed by atoms with van der Waals surface area (Å²) in [6.07, 6.45) is -10.0. The maximum atomic E-state index is 10.2. The molecule has 0 amide bonds. The summed E-state index contributed by atoms with van der Waals surface area (Å²) in [6, 6.07) is 0. The highest BCUT2D eigenvalue weighted by Crippen LogP contribution is 2.26. The molecule has 1 unspecified atom stereocenters. The second-order valence-corrected chi connectivity index (χ2v) is 8.22. The average Bonchev–Trinajstić information content (AvgIpc) is 2.69. The minimum Gasteiger partial charge on any atom is -0.388 e. The normalized spacial score (nSPS) is 42.2. The fraction of sp³-hybridized carbons (Fsp3) is 1.00. The summed E-state index contributed by atoms with van der Waals surface area (Å²) >= 11 is 0. The van der Waals surface area contributed by atoms with E-state index in [0.29, 0.717) is 12.5 Å². The van der Waals surface area contributed by atoms with Crippen LogP contribution in [0.2, 0.25) is 0 Å². The first kappa shape index (κ1) is 24.9. The Morgan fingerprint density at radius 2 is 1.52 bits per heavy atom. The molecule has 0 spiro atoms. The molecule has 6 N–H and O–H groups in total. The van der Waals surface area contributed by atoms with E-state index >= 15 is 0 Å². The van der Waals surface area contributed by atoms with Crippen LogP contribution in [0.3, 0.4) is 0 Å². The molecule has 0 radical (unpaired) electrons. The Balaban J connectivity index is 1.92. The molecule has 2 fully saturated rings. The summed E-state index contributed by atoms with van der Waals surface area (Å²) < 4.78 is 21.8. The van der Waals surface area contributed by atoms with Gasteiger partial charge >= 0.3 is 0 Å². The van der Waals surface area contributed by atoms with Crippen molar-refractivity contribution in [3.05, 3.63) is 0 Å². The van der Waals surface area contributed by atoms with E-state index in [2.05, 4.69) is 20.8 Å². The van der Waals surface area contributed by atoms with Gasteiger partial charge in [0.15, 0.2) is 12.6 Å². The molecule has 29 heavy (non-hydrogen) atoms. The predicted molar refractivity (Wildman–Crippen MR) is 99.6 cm³/mol. The third kappa shape index (κ3) is 6.30. The van der Waals surface area contributed by atoms with Crippen LogP contribution < -0.4 is 0 Å². The lowest BCUT2D eigenvalue weighted by atomic mass is 9.92. The van der Waals surface area contributed by atoms with Gasteiger partial charge in [0, 0.05) is 0 Å². The van der Waals surface area contributed by atoms with Crippen molar-refractivity contribution in [3.8, 4) is 0 Å². The summed E-state index contributed by atoms with van der Waals surface area (Å²) in [4.78, 5) is 0. The number of rotatable bonds is 9. The second kappa shape index (κ2) is 11.3. The van der Waals surface area contributed by atoms with Gasteiger partial charge < -0.3 is 49.6 Å². The minimum absolute atomic E-state index is 0.224. The lowest BCUT2D eigenvalue weighted by Crippen LogP contribution is -2.60. The monoisotopic (exact) mass is 424 g/mol. The fourth-order valence-corrected chi connectivity index (χ4v) is 3.51. The van der Waals surface area contributed by atoms with Crippen LogP contribution in [0.1, 0.15) is 33.6 Å². The van der Waals surface area contributed by atoms with Gasteiger partial charge in [0.2, 0.25) is 0 Å². The zero-order valence-electron chi connectivity index (χ0n) is 17.2. The predicted octanol–water partition coefficient (Wildman–Crippen LogP) is -1.66. The third-order valence-corrected chi connectivity index (χ3v) is 5.62. The van der Waals surface area contributed by atoms with Crippen LogP contribution in [0, 0.1) is 11.8 Å². The van der Waals surface area contributed by atoms with Crippen molar-refractivity contribution in [2.45, 2.75) is 88.9 Å². The SMILES string of the molecule is CCCC(CO[C@@H]1O[C@H](CO[C@@H]2OC[C@@H](O)[C@H](O)[C@H]2O)[C@@H](O)[C@H](O)[C@H]1O)C(C)C. The molecule has 0 aromatic heterocycles. The Morgan fingerprint density at radius 1 is 0.862 bits per heavy atom. The topological polar surface area (TPSA) is 158 Å². The van der Waals surface area contributed by atoms with E-state index in [4.69, 9.17) is 18.9 Å². The van der Waals surface area contributed by atoms with Gasteiger partial charge in [-0.1, -0.05) is 27.2 Å². The first-order valence-corrected chi connectivity index (χ1v) is 10.3. The van der Waals surface area contributed by atoms with Gasteiger partial charge in [0.1, 0.15) is 42.7 Å². The van der Waals surface area contributed by atoms with Crippen LogP contribution in [-0.4, -0.2) is 106 Å². The number of hydrogen-bond donors (Lipinski definition) is 6. The molecule has 0 bridgehead atoms. The standard InChI is InChI=1S/C19H36O10/c1-4-5-10(9(2)3)6-26-19-17(25)15(23)14(22)12(29-19)8-28-18-16(24)13(21)11(20)7-27-18/h9-25H,4-8H2,1-3H3/t10?,11-,12-,13+,14-,15+,16-,17-,18+,19-/m1/s1. The Labute approximate surface area is 171 Å². The largest absolute Gasteiger partial charge is 0.388 e. The molecule has 2 rings (SSSR count). The quantitative estimate of drug-likeness (QED) is 0.253. The van der Waals surface area contributed by atoms with Crippen molar-refractivity contribution >= 4 is 0 Å². The molecule has 2 saturated heterocycles. The van der Waals surface area contributed by atoms with Crippen LogP contribution in [0.5, 0.6) is 0 Å². The Morgan fingerprint density at radius 3 is 2.14 bits per heavy atom. The van der Waals surface area contributed by atoms with Gasteiger partial charge in [-0.2, -0.15) is 0 Å². The van der Waals surface area contributed by atoms with E-state index in [-0.39, 0.29) is 19.1 Å². The van der Waals surface area contributed by atoms with Gasteiger partial charge in [0.05, 0.1) is 19.8 Å². The first-order valence-electron chi connectivity index (χ1n) is 10.3. The molecule has 10 heteroatoms. The highest BCUT2D eigenvalue weighted by atomic mass is 16.7. The Bertz CT molecular complexity index is 478. The molecule has 0 saturated carbocycles. The molecule has 0 aliphatic carbocycles. The lowest BCUT2D eigenvalue weighted by Gasteiger charge is -2.41. The third-order valence-electron chi connectivity index (χ3n) is 5.62. The van der Waals surface area contributed by atoms with E-state index < -0.39 is 55.3 Å². The molecule has 0 aromatic carbocycles. The molecule has 2 aliphatic heterocycles. The molecule has 10 nitrogen and oxygen atoms in total. The van der Waals surface area contributed by atoms with E-state index in [0.717, 1.165) is 12.8 Å². The molecular formula is C19H36O10.